The van der Waals surface area contributed by atoms with Gasteiger partial charge in [-0.25, -0.2) is 0 Å². The summed E-state index contributed by atoms with van der Waals surface area (Å²) in [4.78, 5) is 10.4. The molecule has 1 unspecified atom stereocenters. The van der Waals surface area contributed by atoms with Crippen molar-refractivity contribution in [3.63, 3.8) is 0 Å². The smallest absolute Gasteiger partial charge is 0.283 e. The maximum Gasteiger partial charge on any atom is 0.283 e. The Morgan fingerprint density at radius 2 is 2.28 bits per heavy atom. The predicted octanol–water partition coefficient (Wildman–Crippen LogP) is 2.87. The molecule has 1 atom stereocenters. The highest BCUT2D eigenvalue weighted by Crippen LogP contribution is 2.28. The fraction of sp³-hybridized carbons (Fsp3) is 0.500. The largest absolute Gasteiger partial charge is 0.385 e. The lowest BCUT2D eigenvalue weighted by Crippen LogP contribution is -2.26. The summed E-state index contributed by atoms with van der Waals surface area (Å²) < 4.78 is 5.54. The van der Waals surface area contributed by atoms with Gasteiger partial charge in [-0.1, -0.05) is 12.1 Å². The van der Waals surface area contributed by atoms with E-state index < -0.39 is 0 Å². The molecule has 18 heavy (non-hydrogen) atoms. The number of ether oxygens (including phenoxy) is 1. The lowest BCUT2D eigenvalue weighted by atomic mass is 10.1. The molecule has 100 valence electrons. The summed E-state index contributed by atoms with van der Waals surface area (Å²) >= 11 is 3.28. The van der Waals surface area contributed by atoms with E-state index in [2.05, 4.69) is 28.2 Å². The molecule has 6 heteroatoms. The summed E-state index contributed by atoms with van der Waals surface area (Å²) in [5, 5.41) is 14.1. The van der Waals surface area contributed by atoms with Gasteiger partial charge >= 0.3 is 0 Å². The minimum absolute atomic E-state index is 0.0962. The van der Waals surface area contributed by atoms with Crippen LogP contribution in [0.4, 0.5) is 5.69 Å². The summed E-state index contributed by atoms with van der Waals surface area (Å²) in [7, 11) is 1.67. The second-order valence-electron chi connectivity index (χ2n) is 4.07. The Kier molecular flexibility index (Phi) is 6.24. The molecule has 5 nitrogen and oxygen atoms in total. The molecule has 0 aliphatic rings. The molecule has 0 heterocycles. The Hall–Kier alpha value is -0.980. The van der Waals surface area contributed by atoms with Gasteiger partial charge in [0.1, 0.15) is 0 Å². The van der Waals surface area contributed by atoms with Crippen LogP contribution in [-0.2, 0) is 11.3 Å². The summed E-state index contributed by atoms with van der Waals surface area (Å²) in [5.74, 6) is 0. The SMILES string of the molecule is COCCC(C)NCc1cccc([N+](=O)[O-])c1Br. The monoisotopic (exact) mass is 316 g/mol. The molecule has 0 saturated heterocycles. The third-order valence-electron chi connectivity index (χ3n) is 2.65. The van der Waals surface area contributed by atoms with Crippen molar-refractivity contribution in [3.8, 4) is 0 Å². The van der Waals surface area contributed by atoms with Crippen LogP contribution >= 0.6 is 15.9 Å². The number of hydrogen-bond acceptors (Lipinski definition) is 4. The Balaban J connectivity index is 2.62. The molecule has 1 aromatic rings. The molecule has 1 rings (SSSR count). The zero-order valence-electron chi connectivity index (χ0n) is 10.5. The molecule has 0 aliphatic heterocycles. The number of methoxy groups -OCH3 is 1. The van der Waals surface area contributed by atoms with E-state index in [1.165, 1.54) is 6.07 Å². The van der Waals surface area contributed by atoms with E-state index >= 15 is 0 Å². The maximum atomic E-state index is 10.8. The number of nitrogens with one attached hydrogen (secondary N) is 1. The van der Waals surface area contributed by atoms with Crippen LogP contribution in [0.5, 0.6) is 0 Å². The molecule has 0 saturated carbocycles. The van der Waals surface area contributed by atoms with Gasteiger partial charge in [-0.05, 0) is 34.8 Å². The zero-order chi connectivity index (χ0) is 13.5. The highest BCUT2D eigenvalue weighted by atomic mass is 79.9. The zero-order valence-corrected chi connectivity index (χ0v) is 12.1. The van der Waals surface area contributed by atoms with Crippen molar-refractivity contribution in [2.45, 2.75) is 25.9 Å². The van der Waals surface area contributed by atoms with Gasteiger partial charge < -0.3 is 10.1 Å². The van der Waals surface area contributed by atoms with Crippen LogP contribution in [0.3, 0.4) is 0 Å². The van der Waals surface area contributed by atoms with E-state index in [0.29, 0.717) is 23.7 Å². The molecular weight excluding hydrogens is 300 g/mol. The number of nitro groups is 1. The van der Waals surface area contributed by atoms with Crippen LogP contribution in [0.25, 0.3) is 0 Å². The molecule has 0 bridgehead atoms. The van der Waals surface area contributed by atoms with E-state index in [1.54, 1.807) is 13.2 Å². The average Bonchev–Trinajstić information content (AvgIpc) is 2.34. The Bertz CT molecular complexity index is 412. The Morgan fingerprint density at radius 1 is 1.56 bits per heavy atom. The average molecular weight is 317 g/mol. The number of nitro benzene ring substituents is 1. The van der Waals surface area contributed by atoms with E-state index in [-0.39, 0.29) is 10.6 Å². The fourth-order valence-corrected chi connectivity index (χ4v) is 2.07. The second kappa shape index (κ2) is 7.45. The minimum atomic E-state index is -0.387. The summed E-state index contributed by atoms with van der Waals surface area (Å²) in [6, 6.07) is 5.35. The van der Waals surface area contributed by atoms with Gasteiger partial charge in [0.2, 0.25) is 0 Å². The van der Waals surface area contributed by atoms with Gasteiger partial charge in [-0.2, -0.15) is 0 Å². The molecule has 0 fully saturated rings. The van der Waals surface area contributed by atoms with Gasteiger partial charge in [0.25, 0.3) is 5.69 Å². The van der Waals surface area contributed by atoms with E-state index in [0.717, 1.165) is 12.0 Å². The molecule has 0 spiro atoms. The third-order valence-corrected chi connectivity index (χ3v) is 3.57. The number of halogens is 1. The molecule has 0 radical (unpaired) electrons. The summed E-state index contributed by atoms with van der Waals surface area (Å²) in [5.41, 5.74) is 0.979. The standard InChI is InChI=1S/C12H17BrN2O3/c1-9(6-7-18-2)14-8-10-4-3-5-11(12(10)13)15(16)17/h3-5,9,14H,6-8H2,1-2H3. The van der Waals surface area contributed by atoms with Gasteiger partial charge in [0.15, 0.2) is 0 Å². The number of rotatable bonds is 7. The normalized spacial score (nSPS) is 12.4. The molecule has 0 amide bonds. The van der Waals surface area contributed by atoms with Gasteiger partial charge in [0.05, 0.1) is 9.40 Å². The van der Waals surface area contributed by atoms with Crippen molar-refractivity contribution in [1.29, 1.82) is 0 Å². The van der Waals surface area contributed by atoms with Crippen molar-refractivity contribution in [2.24, 2.45) is 0 Å². The first-order valence-corrected chi connectivity index (χ1v) is 6.49. The highest BCUT2D eigenvalue weighted by Gasteiger charge is 2.14. The molecule has 1 aromatic carbocycles. The second-order valence-corrected chi connectivity index (χ2v) is 4.86. The van der Waals surface area contributed by atoms with Crippen molar-refractivity contribution >= 4 is 21.6 Å². The first-order valence-electron chi connectivity index (χ1n) is 5.70. The van der Waals surface area contributed by atoms with E-state index in [9.17, 15) is 10.1 Å². The fourth-order valence-electron chi connectivity index (χ4n) is 1.52. The quantitative estimate of drug-likeness (QED) is 0.620. The van der Waals surface area contributed by atoms with Crippen LogP contribution in [0, 0.1) is 10.1 Å². The molecule has 0 aromatic heterocycles. The minimum Gasteiger partial charge on any atom is -0.385 e. The van der Waals surface area contributed by atoms with Gasteiger partial charge in [-0.3, -0.25) is 10.1 Å². The first kappa shape index (κ1) is 15.1. The molecule has 0 aliphatic carbocycles. The van der Waals surface area contributed by atoms with Crippen molar-refractivity contribution in [2.75, 3.05) is 13.7 Å². The van der Waals surface area contributed by atoms with Gasteiger partial charge in [0, 0.05) is 32.4 Å². The van der Waals surface area contributed by atoms with Crippen LogP contribution in [0.1, 0.15) is 18.9 Å². The molecule has 1 N–H and O–H groups in total. The molecular formula is C12H17BrN2O3. The summed E-state index contributed by atoms with van der Waals surface area (Å²) in [6.45, 7) is 3.35. The van der Waals surface area contributed by atoms with E-state index in [1.807, 2.05) is 6.07 Å². The maximum absolute atomic E-state index is 10.8. The lowest BCUT2D eigenvalue weighted by Gasteiger charge is -2.14. The van der Waals surface area contributed by atoms with Crippen molar-refractivity contribution in [1.82, 2.24) is 5.32 Å². The van der Waals surface area contributed by atoms with Crippen LogP contribution in [0.15, 0.2) is 22.7 Å². The number of nitrogens with zero attached hydrogens (tertiary/aromatic N) is 1. The third kappa shape index (κ3) is 4.36. The van der Waals surface area contributed by atoms with Crippen molar-refractivity contribution in [3.05, 3.63) is 38.3 Å². The Labute approximate surface area is 115 Å². The van der Waals surface area contributed by atoms with Crippen LogP contribution < -0.4 is 5.32 Å². The topological polar surface area (TPSA) is 64.4 Å². The first-order chi connectivity index (χ1) is 8.56. The lowest BCUT2D eigenvalue weighted by molar-refractivity contribution is -0.385. The van der Waals surface area contributed by atoms with E-state index in [4.69, 9.17) is 4.74 Å². The highest BCUT2D eigenvalue weighted by molar-refractivity contribution is 9.10. The van der Waals surface area contributed by atoms with Crippen molar-refractivity contribution < 1.29 is 9.66 Å². The summed E-state index contributed by atoms with van der Waals surface area (Å²) in [6.07, 6.45) is 0.906. The van der Waals surface area contributed by atoms with Crippen LogP contribution in [0.2, 0.25) is 0 Å². The van der Waals surface area contributed by atoms with Crippen LogP contribution in [-0.4, -0.2) is 24.7 Å². The predicted molar refractivity (Wildman–Crippen MR) is 73.6 cm³/mol. The van der Waals surface area contributed by atoms with Gasteiger partial charge in [-0.15, -0.1) is 0 Å². The number of hydrogen-bond donors (Lipinski definition) is 1. The number of benzene rings is 1. The Morgan fingerprint density at radius 3 is 2.89 bits per heavy atom.